The highest BCUT2D eigenvalue weighted by molar-refractivity contribution is 6.09. The maximum Gasteiger partial charge on any atom is 0.335 e. The highest BCUT2D eigenvalue weighted by atomic mass is 16.4. The van der Waals surface area contributed by atoms with Gasteiger partial charge in [0.25, 0.3) is 11.8 Å². The van der Waals surface area contributed by atoms with Crippen LogP contribution < -0.4 is 5.84 Å². The molecule has 3 aromatic carbocycles. The molecule has 0 heterocycles. The Morgan fingerprint density at radius 3 is 1.10 bits per heavy atom. The Morgan fingerprint density at radius 1 is 0.533 bits per heavy atom. The Labute approximate surface area is 171 Å². The molecule has 0 aliphatic heterocycles. The first-order valence-corrected chi connectivity index (χ1v) is 8.61. The predicted octanol–water partition coefficient (Wildman–Crippen LogP) is 2.93. The van der Waals surface area contributed by atoms with E-state index in [4.69, 9.17) is 16.1 Å². The van der Waals surface area contributed by atoms with E-state index in [0.717, 1.165) is 0 Å². The van der Waals surface area contributed by atoms with Crippen LogP contribution in [0.15, 0.2) is 84.9 Å². The lowest BCUT2D eigenvalue weighted by atomic mass is 10.1. The summed E-state index contributed by atoms with van der Waals surface area (Å²) in [6.07, 6.45) is 0. The minimum atomic E-state index is -1.06. The van der Waals surface area contributed by atoms with Crippen LogP contribution in [0.3, 0.4) is 0 Å². The first-order valence-electron chi connectivity index (χ1n) is 8.61. The zero-order valence-corrected chi connectivity index (χ0v) is 15.6. The van der Waals surface area contributed by atoms with Crippen LogP contribution in [0.5, 0.6) is 0 Å². The van der Waals surface area contributed by atoms with Crippen molar-refractivity contribution >= 4 is 23.8 Å². The first-order chi connectivity index (χ1) is 14.3. The van der Waals surface area contributed by atoms with Gasteiger partial charge in [-0.3, -0.25) is 9.59 Å². The zero-order valence-electron chi connectivity index (χ0n) is 15.6. The van der Waals surface area contributed by atoms with Gasteiger partial charge in [0, 0.05) is 11.1 Å². The molecule has 0 bridgehead atoms. The molecule has 0 fully saturated rings. The number of amides is 2. The zero-order chi connectivity index (χ0) is 22.1. The summed E-state index contributed by atoms with van der Waals surface area (Å²) in [5, 5.41) is 17.6. The Balaban J connectivity index is 0.000000232. The number of rotatable bonds is 4. The van der Waals surface area contributed by atoms with E-state index in [2.05, 4.69) is 0 Å². The summed E-state index contributed by atoms with van der Waals surface area (Å²) >= 11 is 0. The molecule has 0 saturated heterocycles. The number of imide groups is 1. The van der Waals surface area contributed by atoms with E-state index in [9.17, 15) is 19.2 Å². The van der Waals surface area contributed by atoms with Gasteiger partial charge in [-0.1, -0.05) is 36.4 Å². The molecule has 8 heteroatoms. The van der Waals surface area contributed by atoms with Gasteiger partial charge >= 0.3 is 11.9 Å². The van der Waals surface area contributed by atoms with Crippen LogP contribution in [0.1, 0.15) is 41.4 Å². The Hall–Kier alpha value is -4.30. The second-order valence-corrected chi connectivity index (χ2v) is 5.90. The van der Waals surface area contributed by atoms with Gasteiger partial charge < -0.3 is 10.2 Å². The van der Waals surface area contributed by atoms with Crippen molar-refractivity contribution < 1.29 is 29.4 Å². The number of hydrogen-bond donors (Lipinski definition) is 3. The van der Waals surface area contributed by atoms with E-state index in [1.807, 2.05) is 0 Å². The Bertz CT molecular complexity index is 950. The summed E-state index contributed by atoms with van der Waals surface area (Å²) in [6.45, 7) is 0. The molecule has 0 saturated carbocycles. The number of nitrogens with two attached hydrogens (primary N) is 1. The molecule has 2 amide bonds. The number of nitrogens with zero attached hydrogens (tertiary/aromatic N) is 1. The van der Waals surface area contributed by atoms with E-state index in [1.54, 1.807) is 60.7 Å². The van der Waals surface area contributed by atoms with Crippen LogP contribution in [0.2, 0.25) is 0 Å². The molecular formula is C22H18N2O6. The monoisotopic (exact) mass is 406 g/mol. The van der Waals surface area contributed by atoms with E-state index in [0.29, 0.717) is 16.1 Å². The average molecular weight is 406 g/mol. The van der Waals surface area contributed by atoms with Crippen LogP contribution in [0.4, 0.5) is 0 Å². The number of carboxylic acids is 2. The van der Waals surface area contributed by atoms with Crippen molar-refractivity contribution in [3.8, 4) is 0 Å². The second-order valence-electron chi connectivity index (χ2n) is 5.90. The predicted molar refractivity (Wildman–Crippen MR) is 108 cm³/mol. The third-order valence-electron chi connectivity index (χ3n) is 3.86. The van der Waals surface area contributed by atoms with E-state index < -0.39 is 23.8 Å². The minimum Gasteiger partial charge on any atom is -0.478 e. The molecule has 0 atom stereocenters. The van der Waals surface area contributed by atoms with Crippen molar-refractivity contribution in [1.29, 1.82) is 0 Å². The van der Waals surface area contributed by atoms with Crippen LogP contribution in [0, 0.1) is 0 Å². The van der Waals surface area contributed by atoms with Crippen LogP contribution in [0.25, 0.3) is 0 Å². The third-order valence-corrected chi connectivity index (χ3v) is 3.86. The Morgan fingerprint density at radius 2 is 0.833 bits per heavy atom. The Kier molecular flexibility index (Phi) is 7.55. The second kappa shape index (κ2) is 10.3. The highest BCUT2D eigenvalue weighted by Gasteiger charge is 2.20. The summed E-state index contributed by atoms with van der Waals surface area (Å²) < 4.78 is 0. The van der Waals surface area contributed by atoms with Crippen molar-refractivity contribution in [2.24, 2.45) is 5.84 Å². The van der Waals surface area contributed by atoms with Gasteiger partial charge in [-0.05, 0) is 48.5 Å². The molecule has 0 aromatic heterocycles. The average Bonchev–Trinajstić information content (AvgIpc) is 2.79. The third kappa shape index (κ3) is 5.85. The maximum atomic E-state index is 11.9. The number of hydrazine groups is 1. The van der Waals surface area contributed by atoms with Crippen LogP contribution in [-0.4, -0.2) is 39.0 Å². The van der Waals surface area contributed by atoms with E-state index >= 15 is 0 Å². The van der Waals surface area contributed by atoms with Gasteiger partial charge in [-0.25, -0.2) is 20.4 Å². The number of carbonyl (C=O) groups excluding carboxylic acids is 2. The molecule has 0 unspecified atom stereocenters. The first kappa shape index (κ1) is 22.0. The summed E-state index contributed by atoms with van der Waals surface area (Å²) in [5.41, 5.74) is 0.925. The number of carboxylic acid groups (broad SMARTS) is 2. The minimum absolute atomic E-state index is 0.0833. The topological polar surface area (TPSA) is 138 Å². The van der Waals surface area contributed by atoms with Crippen molar-refractivity contribution in [3.05, 3.63) is 107 Å². The molecule has 30 heavy (non-hydrogen) atoms. The van der Waals surface area contributed by atoms with Crippen molar-refractivity contribution in [2.45, 2.75) is 0 Å². The van der Waals surface area contributed by atoms with Gasteiger partial charge in [0.2, 0.25) is 0 Å². The fourth-order valence-electron chi connectivity index (χ4n) is 2.29. The normalized spacial score (nSPS) is 9.63. The summed E-state index contributed by atoms with van der Waals surface area (Å²) in [7, 11) is 0. The fraction of sp³-hybridized carbons (Fsp3) is 0. The lowest BCUT2D eigenvalue weighted by Gasteiger charge is -2.14. The molecule has 152 valence electrons. The van der Waals surface area contributed by atoms with Gasteiger partial charge in [0.15, 0.2) is 0 Å². The quantitative estimate of drug-likeness (QED) is 0.262. The van der Waals surface area contributed by atoms with E-state index in [1.165, 1.54) is 24.3 Å². The molecular weight excluding hydrogens is 388 g/mol. The summed E-state index contributed by atoms with van der Waals surface area (Å²) in [4.78, 5) is 44.5. The largest absolute Gasteiger partial charge is 0.478 e. The molecule has 3 rings (SSSR count). The summed E-state index contributed by atoms with van der Waals surface area (Å²) in [6, 6.07) is 21.9. The lowest BCUT2D eigenvalue weighted by Crippen LogP contribution is -2.42. The fourth-order valence-corrected chi connectivity index (χ4v) is 2.29. The maximum absolute atomic E-state index is 11.9. The van der Waals surface area contributed by atoms with Gasteiger partial charge in [-0.2, -0.15) is 0 Å². The van der Waals surface area contributed by atoms with Crippen molar-refractivity contribution in [1.82, 2.24) is 5.01 Å². The van der Waals surface area contributed by atoms with Crippen LogP contribution >= 0.6 is 0 Å². The number of hydrogen-bond acceptors (Lipinski definition) is 5. The standard InChI is InChI=1S/C14H12N2O2.C8H6O4/c15-16(13(17)11-7-3-1-4-8-11)14(18)12-9-5-2-6-10-12;9-7(10)5-1-2-6(4-3-5)8(11)12/h1-10H,15H2;1-4H,(H,9,10)(H,11,12). The molecule has 8 nitrogen and oxygen atoms in total. The number of aromatic carboxylic acids is 2. The number of carbonyl (C=O) groups is 4. The van der Waals surface area contributed by atoms with Crippen LogP contribution in [-0.2, 0) is 0 Å². The van der Waals surface area contributed by atoms with Gasteiger partial charge in [-0.15, -0.1) is 0 Å². The molecule has 0 spiro atoms. The molecule has 0 radical (unpaired) electrons. The highest BCUT2D eigenvalue weighted by Crippen LogP contribution is 2.07. The lowest BCUT2D eigenvalue weighted by molar-refractivity contribution is 0.0612. The number of benzene rings is 3. The van der Waals surface area contributed by atoms with Crippen molar-refractivity contribution in [2.75, 3.05) is 0 Å². The van der Waals surface area contributed by atoms with Gasteiger partial charge in [0.05, 0.1) is 11.1 Å². The molecule has 0 aliphatic carbocycles. The summed E-state index contributed by atoms with van der Waals surface area (Å²) in [5.74, 6) is 2.39. The molecule has 4 N–H and O–H groups in total. The smallest absolute Gasteiger partial charge is 0.335 e. The SMILES string of the molecule is NN(C(=O)c1ccccc1)C(=O)c1ccccc1.O=C(O)c1ccc(C(=O)O)cc1. The van der Waals surface area contributed by atoms with Crippen molar-refractivity contribution in [3.63, 3.8) is 0 Å². The molecule has 0 aliphatic rings. The van der Waals surface area contributed by atoms with Gasteiger partial charge in [0.1, 0.15) is 0 Å². The molecule has 3 aromatic rings. The van der Waals surface area contributed by atoms with E-state index in [-0.39, 0.29) is 11.1 Å².